The van der Waals surface area contributed by atoms with Gasteiger partial charge in [0.05, 0.1) is 12.5 Å². The minimum absolute atomic E-state index is 0.0197. The Hall–Kier alpha value is -2.40. The molecular weight excluding hydrogens is 406 g/mol. The minimum atomic E-state index is -0.878. The Morgan fingerprint density at radius 1 is 1.06 bits per heavy atom. The van der Waals surface area contributed by atoms with E-state index in [2.05, 4.69) is 68.7 Å². The summed E-state index contributed by atoms with van der Waals surface area (Å²) in [6, 6.07) is 14.7. The topological polar surface area (TPSA) is 51.5 Å². The lowest BCUT2D eigenvalue weighted by atomic mass is 9.88. The van der Waals surface area contributed by atoms with Gasteiger partial charge < -0.3 is 14.4 Å². The van der Waals surface area contributed by atoms with Crippen molar-refractivity contribution in [2.75, 3.05) is 7.11 Å². The van der Waals surface area contributed by atoms with Gasteiger partial charge in [0.2, 0.25) is 0 Å². The molecule has 0 radical (unpaired) electrons. The summed E-state index contributed by atoms with van der Waals surface area (Å²) in [5.41, 5.74) is 3.71. The lowest BCUT2D eigenvalue weighted by molar-refractivity contribution is -0.146. The maximum atomic E-state index is 12.0. The lowest BCUT2D eigenvalue weighted by Crippen LogP contribution is -2.28. The van der Waals surface area contributed by atoms with Crippen molar-refractivity contribution in [3.63, 3.8) is 0 Å². The van der Waals surface area contributed by atoms with E-state index in [9.17, 15) is 9.90 Å². The van der Waals surface area contributed by atoms with Crippen molar-refractivity contribution in [2.45, 2.75) is 64.2 Å². The molecule has 1 N–H and O–H groups in total. The fraction of sp³-hybridized carbons (Fsp3) is 0.423. The highest BCUT2D eigenvalue weighted by Crippen LogP contribution is 2.44. The first-order valence-corrected chi connectivity index (χ1v) is 11.4. The van der Waals surface area contributed by atoms with Crippen molar-refractivity contribution in [3.8, 4) is 5.75 Å². The number of benzene rings is 2. The molecule has 0 aliphatic rings. The molecule has 1 heterocycles. The van der Waals surface area contributed by atoms with E-state index in [0.717, 1.165) is 27.2 Å². The number of carboxylic acids is 1. The quantitative estimate of drug-likeness (QED) is 0.424. The molecule has 0 spiro atoms. The molecule has 166 valence electrons. The number of ether oxygens (including phenoxy) is 1. The van der Waals surface area contributed by atoms with Gasteiger partial charge in [0, 0.05) is 39.2 Å². The Morgan fingerprint density at radius 3 is 2.26 bits per heavy atom. The molecule has 0 fully saturated rings. The third-order valence-electron chi connectivity index (χ3n) is 5.38. The maximum Gasteiger partial charge on any atom is 0.309 e. The Morgan fingerprint density at radius 2 is 1.71 bits per heavy atom. The average molecular weight is 440 g/mol. The van der Waals surface area contributed by atoms with Crippen LogP contribution in [0, 0.1) is 12.3 Å². The van der Waals surface area contributed by atoms with Gasteiger partial charge in [-0.05, 0) is 44.5 Å². The number of hydrogen-bond donors (Lipinski definition) is 1. The highest BCUT2D eigenvalue weighted by Gasteiger charge is 2.32. The molecule has 0 saturated carbocycles. The number of hydrogen-bond acceptors (Lipinski definition) is 3. The average Bonchev–Trinajstić information content (AvgIpc) is 2.94. The summed E-state index contributed by atoms with van der Waals surface area (Å²) in [5, 5.41) is 11.0. The maximum absolute atomic E-state index is 12.0. The van der Waals surface area contributed by atoms with Crippen molar-refractivity contribution in [1.29, 1.82) is 0 Å². The van der Waals surface area contributed by atoms with Crippen LogP contribution in [0.25, 0.3) is 10.9 Å². The van der Waals surface area contributed by atoms with E-state index < -0.39 is 11.4 Å². The third kappa shape index (κ3) is 5.27. The molecule has 5 heteroatoms. The number of nitrogens with zero attached hydrogens (tertiary/aromatic N) is 1. The highest BCUT2D eigenvalue weighted by atomic mass is 32.2. The zero-order chi connectivity index (χ0) is 23.0. The fourth-order valence-electron chi connectivity index (χ4n) is 3.63. The second-order valence-electron chi connectivity index (χ2n) is 9.81. The first-order valence-electron chi connectivity index (χ1n) is 10.6. The summed E-state index contributed by atoms with van der Waals surface area (Å²) in [7, 11) is 1.68. The number of aliphatic carboxylic acids is 1. The van der Waals surface area contributed by atoms with Crippen LogP contribution in [-0.4, -0.2) is 27.5 Å². The molecule has 3 aromatic rings. The number of rotatable bonds is 7. The molecule has 0 bridgehead atoms. The summed E-state index contributed by atoms with van der Waals surface area (Å²) >= 11 is 1.79. The van der Waals surface area contributed by atoms with Gasteiger partial charge in [-0.2, -0.15) is 0 Å². The van der Waals surface area contributed by atoms with Crippen LogP contribution in [0.3, 0.4) is 0 Å². The van der Waals surface area contributed by atoms with E-state index in [1.54, 1.807) is 32.7 Å². The van der Waals surface area contributed by atoms with Crippen LogP contribution in [0.2, 0.25) is 0 Å². The van der Waals surface area contributed by atoms with Gasteiger partial charge in [-0.25, -0.2) is 0 Å². The van der Waals surface area contributed by atoms with Gasteiger partial charge in [-0.15, -0.1) is 11.8 Å². The SMILES string of the molecule is COc1ccc2c(c1)c(SC(C)(C)C)c(CC(C)(C)C(=O)O)n2Cc1ccc(C)cc1. The van der Waals surface area contributed by atoms with E-state index in [4.69, 9.17) is 4.74 Å². The summed E-state index contributed by atoms with van der Waals surface area (Å²) in [6.07, 6.45) is 0.448. The monoisotopic (exact) mass is 439 g/mol. The molecule has 0 atom stereocenters. The van der Waals surface area contributed by atoms with Crippen molar-refractivity contribution < 1.29 is 14.6 Å². The van der Waals surface area contributed by atoms with Crippen LogP contribution < -0.4 is 4.74 Å². The lowest BCUT2D eigenvalue weighted by Gasteiger charge is -2.24. The first kappa shape index (κ1) is 23.3. The van der Waals surface area contributed by atoms with Crippen LogP contribution in [0.5, 0.6) is 5.75 Å². The minimum Gasteiger partial charge on any atom is -0.497 e. The van der Waals surface area contributed by atoms with Crippen LogP contribution in [-0.2, 0) is 17.8 Å². The number of carbonyl (C=O) groups is 1. The summed E-state index contributed by atoms with van der Waals surface area (Å²) in [6.45, 7) is 12.9. The number of fused-ring (bicyclic) bond motifs is 1. The number of carboxylic acid groups (broad SMARTS) is 1. The van der Waals surface area contributed by atoms with E-state index in [0.29, 0.717) is 13.0 Å². The molecule has 2 aromatic carbocycles. The van der Waals surface area contributed by atoms with E-state index in [1.807, 2.05) is 6.07 Å². The van der Waals surface area contributed by atoms with Crippen LogP contribution in [0.15, 0.2) is 47.4 Å². The van der Waals surface area contributed by atoms with Crippen LogP contribution in [0.4, 0.5) is 0 Å². The highest BCUT2D eigenvalue weighted by molar-refractivity contribution is 8.00. The molecule has 1 aromatic heterocycles. The summed E-state index contributed by atoms with van der Waals surface area (Å²) in [5.74, 6) is 0.0173. The second-order valence-corrected chi connectivity index (χ2v) is 11.6. The van der Waals surface area contributed by atoms with Crippen molar-refractivity contribution in [3.05, 3.63) is 59.3 Å². The first-order chi connectivity index (χ1) is 14.4. The molecule has 4 nitrogen and oxygen atoms in total. The number of aromatic nitrogens is 1. The molecule has 0 amide bonds. The van der Waals surface area contributed by atoms with Crippen molar-refractivity contribution in [1.82, 2.24) is 4.57 Å². The van der Waals surface area contributed by atoms with Gasteiger partial charge in [-0.1, -0.05) is 50.6 Å². The third-order valence-corrected chi connectivity index (χ3v) is 6.66. The van der Waals surface area contributed by atoms with Gasteiger partial charge in [0.25, 0.3) is 0 Å². The molecular formula is C26H33NO3S. The van der Waals surface area contributed by atoms with Gasteiger partial charge in [-0.3, -0.25) is 4.79 Å². The molecule has 0 saturated heterocycles. The number of methoxy groups -OCH3 is 1. The zero-order valence-corrected chi connectivity index (χ0v) is 20.4. The van der Waals surface area contributed by atoms with Gasteiger partial charge in [0.1, 0.15) is 5.75 Å². The Labute approximate surface area is 189 Å². The summed E-state index contributed by atoms with van der Waals surface area (Å²) in [4.78, 5) is 13.2. The molecule has 0 aliphatic carbocycles. The number of thioether (sulfide) groups is 1. The predicted molar refractivity (Wildman–Crippen MR) is 130 cm³/mol. The summed E-state index contributed by atoms with van der Waals surface area (Å²) < 4.78 is 7.78. The standard InChI is InChI=1S/C26H33NO3S/c1-17-8-10-18(11-9-17)16-27-21-13-12-19(30-7)14-20(21)23(31-25(2,3)4)22(27)15-26(5,6)24(28)29/h8-14H,15-16H2,1-7H3,(H,28,29). The Bertz CT molecular complexity index is 1090. The molecule has 3 rings (SSSR count). The van der Waals surface area contributed by atoms with E-state index in [1.165, 1.54) is 11.1 Å². The van der Waals surface area contributed by atoms with Gasteiger partial charge in [0.15, 0.2) is 0 Å². The van der Waals surface area contributed by atoms with Gasteiger partial charge >= 0.3 is 5.97 Å². The smallest absolute Gasteiger partial charge is 0.309 e. The van der Waals surface area contributed by atoms with Crippen LogP contribution >= 0.6 is 11.8 Å². The Kier molecular flexibility index (Phi) is 6.47. The molecule has 0 aliphatic heterocycles. The largest absolute Gasteiger partial charge is 0.497 e. The zero-order valence-electron chi connectivity index (χ0n) is 19.6. The van der Waals surface area contributed by atoms with E-state index in [-0.39, 0.29) is 4.75 Å². The van der Waals surface area contributed by atoms with Crippen molar-refractivity contribution >= 4 is 28.6 Å². The number of aryl methyl sites for hydroxylation is 1. The molecule has 31 heavy (non-hydrogen) atoms. The van der Waals surface area contributed by atoms with Crippen LogP contribution in [0.1, 0.15) is 51.4 Å². The second kappa shape index (κ2) is 8.62. The molecule has 0 unspecified atom stereocenters. The van der Waals surface area contributed by atoms with E-state index >= 15 is 0 Å². The normalized spacial score (nSPS) is 12.4. The fourth-order valence-corrected chi connectivity index (χ4v) is 4.82. The van der Waals surface area contributed by atoms with Crippen molar-refractivity contribution in [2.24, 2.45) is 5.41 Å². The predicted octanol–water partition coefficient (Wildman–Crippen LogP) is 6.55. The Balaban J connectivity index is 2.28.